The molecular weight excluding hydrogens is 195 g/mol. The molecule has 3 nitrogen and oxygen atoms in total. The monoisotopic (exact) mass is 208 g/mol. The van der Waals surface area contributed by atoms with Crippen LogP contribution in [0.5, 0.6) is 0 Å². The molecule has 0 saturated heterocycles. The largest absolute Gasteiger partial charge is 0.399 e. The third kappa shape index (κ3) is 2.09. The number of nitrogens with one attached hydrogen (secondary N) is 1. The van der Waals surface area contributed by atoms with Crippen molar-refractivity contribution in [3.8, 4) is 0 Å². The van der Waals surface area contributed by atoms with Gasteiger partial charge in [-0.2, -0.15) is 0 Å². The van der Waals surface area contributed by atoms with Crippen molar-refractivity contribution in [2.45, 2.75) is 19.3 Å². The van der Waals surface area contributed by atoms with Crippen LogP contribution in [0.3, 0.4) is 0 Å². The van der Waals surface area contributed by atoms with Crippen LogP contribution in [-0.4, -0.2) is 5.91 Å². The number of carbonyl (C=O) groups excluding carboxylic acids is 1. The highest BCUT2D eigenvalue weighted by atomic mass is 19.1. The van der Waals surface area contributed by atoms with E-state index >= 15 is 0 Å². The molecule has 2 rings (SSSR count). The molecule has 1 saturated carbocycles. The molecule has 1 amide bonds. The maximum atomic E-state index is 13.2. The lowest BCUT2D eigenvalue weighted by Crippen LogP contribution is -2.28. The number of hydrogen-bond acceptors (Lipinski definition) is 2. The predicted molar refractivity (Wildman–Crippen MR) is 56.8 cm³/mol. The first kappa shape index (κ1) is 9.96. The van der Waals surface area contributed by atoms with E-state index in [4.69, 9.17) is 5.73 Å². The molecule has 1 aromatic rings. The summed E-state index contributed by atoms with van der Waals surface area (Å²) in [4.78, 5) is 11.5. The van der Waals surface area contributed by atoms with Crippen molar-refractivity contribution in [2.24, 2.45) is 5.92 Å². The normalized spacial score (nSPS) is 15.8. The molecule has 0 unspecified atom stereocenters. The first-order valence-electron chi connectivity index (χ1n) is 5.02. The van der Waals surface area contributed by atoms with E-state index in [-0.39, 0.29) is 17.5 Å². The van der Waals surface area contributed by atoms with Crippen LogP contribution in [0.25, 0.3) is 0 Å². The van der Waals surface area contributed by atoms with E-state index in [0.717, 1.165) is 19.3 Å². The Hall–Kier alpha value is -1.58. The van der Waals surface area contributed by atoms with Gasteiger partial charge in [0.05, 0.1) is 5.69 Å². The highest BCUT2D eigenvalue weighted by molar-refractivity contribution is 5.93. The van der Waals surface area contributed by atoms with Gasteiger partial charge in [-0.3, -0.25) is 4.79 Å². The van der Waals surface area contributed by atoms with Gasteiger partial charge in [0.2, 0.25) is 5.91 Å². The molecule has 0 spiro atoms. The van der Waals surface area contributed by atoms with E-state index < -0.39 is 5.82 Å². The number of amides is 1. The molecule has 4 heteroatoms. The smallest absolute Gasteiger partial charge is 0.227 e. The van der Waals surface area contributed by atoms with Crippen LogP contribution in [0.4, 0.5) is 15.8 Å². The van der Waals surface area contributed by atoms with Crippen LogP contribution < -0.4 is 11.1 Å². The minimum atomic E-state index is -0.447. The number of halogens is 1. The Morgan fingerprint density at radius 3 is 2.80 bits per heavy atom. The quantitative estimate of drug-likeness (QED) is 0.731. The van der Waals surface area contributed by atoms with Gasteiger partial charge in [0.25, 0.3) is 0 Å². The van der Waals surface area contributed by atoms with E-state index in [1.54, 1.807) is 0 Å². The second kappa shape index (κ2) is 3.88. The van der Waals surface area contributed by atoms with Crippen molar-refractivity contribution < 1.29 is 9.18 Å². The summed E-state index contributed by atoms with van der Waals surface area (Å²) in [5.41, 5.74) is 6.13. The Labute approximate surface area is 87.5 Å². The van der Waals surface area contributed by atoms with E-state index in [2.05, 4.69) is 5.32 Å². The minimum absolute atomic E-state index is 0.0471. The van der Waals surface area contributed by atoms with Gasteiger partial charge in [0.1, 0.15) is 5.82 Å². The SMILES string of the molecule is Nc1ccc(F)c(NC(=O)C2CCC2)c1. The fourth-order valence-electron chi connectivity index (χ4n) is 1.54. The highest BCUT2D eigenvalue weighted by Crippen LogP contribution is 2.28. The molecule has 0 heterocycles. The first-order valence-corrected chi connectivity index (χ1v) is 5.02. The molecule has 0 aromatic heterocycles. The summed E-state index contributed by atoms with van der Waals surface area (Å²) < 4.78 is 13.2. The molecule has 15 heavy (non-hydrogen) atoms. The van der Waals surface area contributed by atoms with Gasteiger partial charge in [-0.1, -0.05) is 6.42 Å². The Bertz CT molecular complexity index is 388. The zero-order chi connectivity index (χ0) is 10.8. The van der Waals surface area contributed by atoms with E-state index in [1.807, 2.05) is 0 Å². The molecule has 1 aromatic carbocycles. The standard InChI is InChI=1S/C11H13FN2O/c12-9-5-4-8(13)6-10(9)14-11(15)7-2-1-3-7/h4-7H,1-3,13H2,(H,14,15). The molecule has 0 aliphatic heterocycles. The van der Waals surface area contributed by atoms with Gasteiger partial charge in [0, 0.05) is 11.6 Å². The summed E-state index contributed by atoms with van der Waals surface area (Å²) in [7, 11) is 0. The van der Waals surface area contributed by atoms with Crippen LogP contribution >= 0.6 is 0 Å². The predicted octanol–water partition coefficient (Wildman–Crippen LogP) is 2.15. The van der Waals surface area contributed by atoms with Gasteiger partial charge in [0.15, 0.2) is 0 Å². The van der Waals surface area contributed by atoms with Gasteiger partial charge >= 0.3 is 0 Å². The van der Waals surface area contributed by atoms with Crippen LogP contribution in [-0.2, 0) is 4.79 Å². The van der Waals surface area contributed by atoms with Gasteiger partial charge in [-0.25, -0.2) is 4.39 Å². The second-order valence-electron chi connectivity index (χ2n) is 3.86. The number of hydrogen-bond donors (Lipinski definition) is 2. The summed E-state index contributed by atoms with van der Waals surface area (Å²) >= 11 is 0. The van der Waals surface area contributed by atoms with Crippen molar-refractivity contribution in [3.05, 3.63) is 24.0 Å². The molecule has 0 radical (unpaired) electrons. The van der Waals surface area contributed by atoms with Crippen molar-refractivity contribution in [2.75, 3.05) is 11.1 Å². The van der Waals surface area contributed by atoms with E-state index in [0.29, 0.717) is 5.69 Å². The summed E-state index contributed by atoms with van der Waals surface area (Å²) in [5, 5.41) is 2.56. The summed E-state index contributed by atoms with van der Waals surface area (Å²) in [6.07, 6.45) is 2.88. The third-order valence-electron chi connectivity index (χ3n) is 2.72. The van der Waals surface area contributed by atoms with Crippen LogP contribution in [0.2, 0.25) is 0 Å². The Balaban J connectivity index is 2.09. The summed E-state index contributed by atoms with van der Waals surface area (Å²) in [5.74, 6) is -0.506. The zero-order valence-corrected chi connectivity index (χ0v) is 8.29. The average Bonchev–Trinajstić information content (AvgIpc) is 2.08. The van der Waals surface area contributed by atoms with Crippen molar-refractivity contribution in [1.82, 2.24) is 0 Å². The van der Waals surface area contributed by atoms with Gasteiger partial charge in [-0.15, -0.1) is 0 Å². The molecule has 1 aliphatic rings. The Morgan fingerprint density at radius 2 is 2.20 bits per heavy atom. The highest BCUT2D eigenvalue weighted by Gasteiger charge is 2.25. The first-order chi connectivity index (χ1) is 7.16. The molecule has 1 fully saturated rings. The number of nitrogens with two attached hydrogens (primary N) is 1. The van der Waals surface area contributed by atoms with Crippen LogP contribution in [0.1, 0.15) is 19.3 Å². The van der Waals surface area contributed by atoms with Gasteiger partial charge in [-0.05, 0) is 31.0 Å². The number of nitrogen functional groups attached to an aromatic ring is 1. The number of benzene rings is 1. The zero-order valence-electron chi connectivity index (χ0n) is 8.29. The molecule has 1 aliphatic carbocycles. The lowest BCUT2D eigenvalue weighted by molar-refractivity contribution is -0.122. The fourth-order valence-corrected chi connectivity index (χ4v) is 1.54. The maximum Gasteiger partial charge on any atom is 0.227 e. The molecule has 0 bridgehead atoms. The second-order valence-corrected chi connectivity index (χ2v) is 3.86. The maximum absolute atomic E-state index is 13.2. The summed E-state index contributed by atoms with van der Waals surface area (Å²) in [6, 6.07) is 4.16. The average molecular weight is 208 g/mol. The minimum Gasteiger partial charge on any atom is -0.399 e. The molecular formula is C11H13FN2O. The van der Waals surface area contributed by atoms with Gasteiger partial charge < -0.3 is 11.1 Å². The van der Waals surface area contributed by atoms with Crippen molar-refractivity contribution >= 4 is 17.3 Å². The third-order valence-corrected chi connectivity index (χ3v) is 2.72. The Kier molecular flexibility index (Phi) is 2.58. The van der Waals surface area contributed by atoms with E-state index in [9.17, 15) is 9.18 Å². The molecule has 80 valence electrons. The number of anilines is 2. The van der Waals surface area contributed by atoms with Crippen molar-refractivity contribution in [1.29, 1.82) is 0 Å². The number of carbonyl (C=O) groups is 1. The fraction of sp³-hybridized carbons (Fsp3) is 0.364. The molecule has 0 atom stereocenters. The van der Waals surface area contributed by atoms with Crippen molar-refractivity contribution in [3.63, 3.8) is 0 Å². The van der Waals surface area contributed by atoms with E-state index in [1.165, 1.54) is 18.2 Å². The lowest BCUT2D eigenvalue weighted by Gasteiger charge is -2.24. The van der Waals surface area contributed by atoms with Crippen LogP contribution in [0.15, 0.2) is 18.2 Å². The topological polar surface area (TPSA) is 55.1 Å². The lowest BCUT2D eigenvalue weighted by atomic mass is 9.85. The summed E-state index contributed by atoms with van der Waals surface area (Å²) in [6.45, 7) is 0. The Morgan fingerprint density at radius 1 is 1.47 bits per heavy atom. The number of rotatable bonds is 2. The molecule has 3 N–H and O–H groups in total. The van der Waals surface area contributed by atoms with Crippen LogP contribution in [0, 0.1) is 11.7 Å².